The Morgan fingerprint density at radius 1 is 1.38 bits per heavy atom. The first-order chi connectivity index (χ1) is 6.20. The fourth-order valence-corrected chi connectivity index (χ4v) is 2.46. The fraction of sp³-hybridized carbons (Fsp3) is 0.600. The quantitative estimate of drug-likeness (QED) is 0.663. The van der Waals surface area contributed by atoms with Crippen LogP contribution in [0.15, 0.2) is 11.6 Å². The molecule has 1 saturated carbocycles. The number of hydrogen-bond donors (Lipinski definition) is 1. The van der Waals surface area contributed by atoms with Crippen LogP contribution in [0.5, 0.6) is 0 Å². The van der Waals surface area contributed by atoms with Crippen LogP contribution in [0.2, 0.25) is 0 Å². The van der Waals surface area contributed by atoms with Crippen LogP contribution in [0.4, 0.5) is 0 Å². The highest BCUT2D eigenvalue weighted by Crippen LogP contribution is 2.40. The van der Waals surface area contributed by atoms with Gasteiger partial charge in [-0.3, -0.25) is 4.79 Å². The summed E-state index contributed by atoms with van der Waals surface area (Å²) in [4.78, 5) is 22.2. The summed E-state index contributed by atoms with van der Waals surface area (Å²) in [7, 11) is 0. The Morgan fingerprint density at radius 3 is 2.85 bits per heavy atom. The summed E-state index contributed by atoms with van der Waals surface area (Å²) in [5.74, 6) is -0.559. The van der Waals surface area contributed by atoms with Gasteiger partial charge in [0.2, 0.25) is 0 Å². The van der Waals surface area contributed by atoms with E-state index in [9.17, 15) is 9.59 Å². The van der Waals surface area contributed by atoms with Crippen LogP contribution >= 0.6 is 0 Å². The van der Waals surface area contributed by atoms with Crippen LogP contribution in [0.1, 0.15) is 25.7 Å². The molecule has 1 fully saturated rings. The Morgan fingerprint density at radius 2 is 2.15 bits per heavy atom. The molecule has 2 atom stereocenters. The number of fused-ring (bicyclic) bond motifs is 1. The largest absolute Gasteiger partial charge is 0.478 e. The van der Waals surface area contributed by atoms with Crippen molar-refractivity contribution in [3.63, 3.8) is 0 Å². The second-order valence-electron chi connectivity index (χ2n) is 3.76. The van der Waals surface area contributed by atoms with Gasteiger partial charge in [-0.05, 0) is 19.3 Å². The molecule has 2 unspecified atom stereocenters. The van der Waals surface area contributed by atoms with E-state index < -0.39 is 5.97 Å². The normalized spacial score (nSPS) is 32.6. The summed E-state index contributed by atoms with van der Waals surface area (Å²) in [5.41, 5.74) is 0.474. The van der Waals surface area contributed by atoms with Gasteiger partial charge < -0.3 is 5.11 Å². The summed E-state index contributed by atoms with van der Waals surface area (Å²) >= 11 is 0. The Labute approximate surface area is 76.4 Å². The molecule has 0 amide bonds. The third kappa shape index (κ3) is 1.28. The van der Waals surface area contributed by atoms with Gasteiger partial charge in [0.25, 0.3) is 0 Å². The van der Waals surface area contributed by atoms with Crippen LogP contribution in [0, 0.1) is 11.8 Å². The molecule has 70 valence electrons. The van der Waals surface area contributed by atoms with Crippen molar-refractivity contribution < 1.29 is 14.7 Å². The Balaban J connectivity index is 2.27. The monoisotopic (exact) mass is 180 g/mol. The van der Waals surface area contributed by atoms with Crippen molar-refractivity contribution in [3.05, 3.63) is 11.6 Å². The zero-order chi connectivity index (χ0) is 9.42. The zero-order valence-corrected chi connectivity index (χ0v) is 7.32. The number of carbonyl (C=O) groups is 2. The van der Waals surface area contributed by atoms with Crippen molar-refractivity contribution in [2.75, 3.05) is 0 Å². The molecule has 3 heteroatoms. The minimum absolute atomic E-state index is 0.0103. The number of ketones is 1. The molecule has 13 heavy (non-hydrogen) atoms. The van der Waals surface area contributed by atoms with E-state index in [1.807, 2.05) is 0 Å². The highest BCUT2D eigenvalue weighted by atomic mass is 16.4. The van der Waals surface area contributed by atoms with E-state index in [4.69, 9.17) is 5.11 Å². The number of aliphatic carboxylic acids is 1. The number of allylic oxidation sites excluding steroid dienone is 1. The van der Waals surface area contributed by atoms with Gasteiger partial charge in [0.15, 0.2) is 0 Å². The van der Waals surface area contributed by atoms with Crippen LogP contribution in [-0.4, -0.2) is 16.9 Å². The van der Waals surface area contributed by atoms with E-state index >= 15 is 0 Å². The highest BCUT2D eigenvalue weighted by Gasteiger charge is 2.40. The van der Waals surface area contributed by atoms with E-state index in [1.54, 1.807) is 6.08 Å². The summed E-state index contributed by atoms with van der Waals surface area (Å²) in [6.07, 6.45) is 4.68. The molecule has 0 aromatic carbocycles. The molecule has 2 aliphatic carbocycles. The molecule has 0 aromatic rings. The lowest BCUT2D eigenvalue weighted by Crippen LogP contribution is -2.23. The van der Waals surface area contributed by atoms with Gasteiger partial charge in [-0.1, -0.05) is 6.08 Å². The first kappa shape index (κ1) is 8.48. The third-order valence-corrected chi connectivity index (χ3v) is 3.09. The number of carboxylic acid groups (broad SMARTS) is 1. The second-order valence-corrected chi connectivity index (χ2v) is 3.76. The van der Waals surface area contributed by atoms with Crippen molar-refractivity contribution in [1.29, 1.82) is 0 Å². The minimum Gasteiger partial charge on any atom is -0.478 e. The Bertz CT molecular complexity index is 291. The van der Waals surface area contributed by atoms with Crippen molar-refractivity contribution >= 4 is 11.8 Å². The number of rotatable bonds is 1. The number of carboxylic acids is 1. The van der Waals surface area contributed by atoms with Crippen molar-refractivity contribution in [1.82, 2.24) is 0 Å². The SMILES string of the molecule is O=C(O)C1=CCCC2C(=O)CCC12. The maximum absolute atomic E-state index is 11.4. The average Bonchev–Trinajstić information content (AvgIpc) is 2.48. The Kier molecular flexibility index (Phi) is 1.94. The molecule has 2 aliphatic rings. The fourth-order valence-electron chi connectivity index (χ4n) is 2.46. The van der Waals surface area contributed by atoms with Gasteiger partial charge in [0, 0.05) is 23.8 Å². The van der Waals surface area contributed by atoms with Crippen LogP contribution in [0.3, 0.4) is 0 Å². The molecule has 0 aromatic heterocycles. The van der Waals surface area contributed by atoms with Gasteiger partial charge in [0.05, 0.1) is 0 Å². The average molecular weight is 180 g/mol. The standard InChI is InChI=1S/C10H12O3/c11-9-5-4-6-7(9)2-1-3-8(6)10(12)13/h3,6-7H,1-2,4-5H2,(H,12,13). The van der Waals surface area contributed by atoms with E-state index in [2.05, 4.69) is 0 Å². The van der Waals surface area contributed by atoms with Gasteiger partial charge in [-0.2, -0.15) is 0 Å². The molecule has 0 heterocycles. The van der Waals surface area contributed by atoms with E-state index in [0.717, 1.165) is 19.3 Å². The predicted octanol–water partition coefficient (Wildman–Crippen LogP) is 1.39. The predicted molar refractivity (Wildman–Crippen MR) is 46.2 cm³/mol. The molecule has 1 N–H and O–H groups in total. The third-order valence-electron chi connectivity index (χ3n) is 3.09. The smallest absolute Gasteiger partial charge is 0.331 e. The summed E-state index contributed by atoms with van der Waals surface area (Å²) in [6.45, 7) is 0. The molecule has 0 saturated heterocycles. The number of hydrogen-bond acceptors (Lipinski definition) is 2. The summed E-state index contributed by atoms with van der Waals surface area (Å²) < 4.78 is 0. The van der Waals surface area contributed by atoms with Crippen LogP contribution < -0.4 is 0 Å². The lowest BCUT2D eigenvalue weighted by Gasteiger charge is -2.22. The van der Waals surface area contributed by atoms with Gasteiger partial charge >= 0.3 is 5.97 Å². The van der Waals surface area contributed by atoms with E-state index in [0.29, 0.717) is 12.0 Å². The van der Waals surface area contributed by atoms with Crippen molar-refractivity contribution in [2.45, 2.75) is 25.7 Å². The molecule has 2 rings (SSSR count). The molecular weight excluding hydrogens is 168 g/mol. The molecule has 0 radical (unpaired) electrons. The Hall–Kier alpha value is -1.12. The topological polar surface area (TPSA) is 54.4 Å². The van der Waals surface area contributed by atoms with Crippen molar-refractivity contribution in [2.24, 2.45) is 11.8 Å². The minimum atomic E-state index is -0.843. The highest BCUT2D eigenvalue weighted by molar-refractivity contribution is 5.92. The van der Waals surface area contributed by atoms with E-state index in [-0.39, 0.29) is 17.6 Å². The summed E-state index contributed by atoms with van der Waals surface area (Å²) in [5, 5.41) is 8.89. The lowest BCUT2D eigenvalue weighted by atomic mass is 9.80. The van der Waals surface area contributed by atoms with Gasteiger partial charge in [-0.25, -0.2) is 4.79 Å². The van der Waals surface area contributed by atoms with Crippen LogP contribution in [-0.2, 0) is 9.59 Å². The number of carbonyl (C=O) groups excluding carboxylic acids is 1. The molecular formula is C10H12O3. The molecule has 0 spiro atoms. The zero-order valence-electron chi connectivity index (χ0n) is 7.32. The molecule has 0 bridgehead atoms. The number of Topliss-reactive ketones (excluding diaryl/α,β-unsaturated/α-hetero) is 1. The summed E-state index contributed by atoms with van der Waals surface area (Å²) in [6, 6.07) is 0. The maximum atomic E-state index is 11.4. The molecule has 0 aliphatic heterocycles. The second kappa shape index (κ2) is 2.98. The first-order valence-electron chi connectivity index (χ1n) is 4.66. The van der Waals surface area contributed by atoms with Gasteiger partial charge in [-0.15, -0.1) is 0 Å². The van der Waals surface area contributed by atoms with Gasteiger partial charge in [0.1, 0.15) is 5.78 Å². The van der Waals surface area contributed by atoms with Crippen LogP contribution in [0.25, 0.3) is 0 Å². The molecule has 3 nitrogen and oxygen atoms in total. The maximum Gasteiger partial charge on any atom is 0.331 e. The van der Waals surface area contributed by atoms with Crippen molar-refractivity contribution in [3.8, 4) is 0 Å². The van der Waals surface area contributed by atoms with E-state index in [1.165, 1.54) is 0 Å². The lowest BCUT2D eigenvalue weighted by molar-refractivity contribution is -0.133. The first-order valence-corrected chi connectivity index (χ1v) is 4.66.